The summed E-state index contributed by atoms with van der Waals surface area (Å²) in [5.74, 6) is -1.51. The molecule has 1 unspecified atom stereocenters. The van der Waals surface area contributed by atoms with Gasteiger partial charge in [0.1, 0.15) is 0 Å². The van der Waals surface area contributed by atoms with E-state index in [4.69, 9.17) is 5.11 Å². The molecule has 5 nitrogen and oxygen atoms in total. The lowest BCUT2D eigenvalue weighted by atomic mass is 10.1. The molecule has 1 atom stereocenters. The molecule has 0 fully saturated rings. The van der Waals surface area contributed by atoms with E-state index in [1.807, 2.05) is 13.0 Å². The van der Waals surface area contributed by atoms with Crippen LogP contribution in [0.4, 0.5) is 0 Å². The zero-order valence-electron chi connectivity index (χ0n) is 10.7. The van der Waals surface area contributed by atoms with Crippen LogP contribution in [0, 0.1) is 5.92 Å². The zero-order chi connectivity index (χ0) is 13.5. The molecule has 98 valence electrons. The Balaban J connectivity index is 2.60. The number of hydrogen-bond donors (Lipinski definition) is 1. The zero-order valence-corrected chi connectivity index (χ0v) is 10.7. The predicted molar refractivity (Wildman–Crippen MR) is 67.0 cm³/mol. The standard InChI is InChI=1S/C13H18N2O3/c1-3-15(9-10(2)13(17)18)12(16)7-11-5-4-6-14-8-11/h4-6,8,10H,3,7,9H2,1-2H3,(H,17,18). The molecular formula is C13H18N2O3. The third kappa shape index (κ3) is 4.16. The number of rotatable bonds is 6. The number of pyridine rings is 1. The first kappa shape index (κ1) is 14.2. The summed E-state index contributed by atoms with van der Waals surface area (Å²) >= 11 is 0. The van der Waals surface area contributed by atoms with E-state index in [1.165, 1.54) is 0 Å². The molecule has 1 rings (SSSR count). The van der Waals surface area contributed by atoms with E-state index in [2.05, 4.69) is 4.98 Å². The molecule has 1 amide bonds. The third-order valence-corrected chi connectivity index (χ3v) is 2.73. The van der Waals surface area contributed by atoms with Crippen molar-refractivity contribution in [3.05, 3.63) is 30.1 Å². The minimum absolute atomic E-state index is 0.0707. The molecule has 0 saturated carbocycles. The van der Waals surface area contributed by atoms with Gasteiger partial charge in [-0.2, -0.15) is 0 Å². The molecule has 1 heterocycles. The van der Waals surface area contributed by atoms with Crippen LogP contribution >= 0.6 is 0 Å². The van der Waals surface area contributed by atoms with Crippen LogP contribution in [-0.2, 0) is 16.0 Å². The summed E-state index contributed by atoms with van der Waals surface area (Å²) in [6, 6.07) is 3.61. The van der Waals surface area contributed by atoms with Gasteiger partial charge in [0.2, 0.25) is 5.91 Å². The normalized spacial score (nSPS) is 11.9. The number of carboxylic acids is 1. The largest absolute Gasteiger partial charge is 0.481 e. The number of carboxylic acid groups (broad SMARTS) is 1. The maximum absolute atomic E-state index is 12.0. The molecule has 18 heavy (non-hydrogen) atoms. The van der Waals surface area contributed by atoms with Gasteiger partial charge in [0, 0.05) is 25.5 Å². The predicted octanol–water partition coefficient (Wildman–Crippen LogP) is 1.19. The highest BCUT2D eigenvalue weighted by Gasteiger charge is 2.19. The average Bonchev–Trinajstić information content (AvgIpc) is 2.36. The Kier molecular flexibility index (Phi) is 5.30. The van der Waals surface area contributed by atoms with E-state index in [1.54, 1.807) is 30.3 Å². The molecule has 0 aliphatic rings. The monoisotopic (exact) mass is 250 g/mol. The molecule has 0 aliphatic carbocycles. The first-order chi connectivity index (χ1) is 8.54. The highest BCUT2D eigenvalue weighted by atomic mass is 16.4. The van der Waals surface area contributed by atoms with Crippen molar-refractivity contribution < 1.29 is 14.7 Å². The molecule has 1 aromatic heterocycles. The van der Waals surface area contributed by atoms with Crippen molar-refractivity contribution in [3.8, 4) is 0 Å². The number of likely N-dealkylation sites (N-methyl/N-ethyl adjacent to an activating group) is 1. The number of aliphatic carboxylic acids is 1. The van der Waals surface area contributed by atoms with Crippen LogP contribution in [0.25, 0.3) is 0 Å². The summed E-state index contributed by atoms with van der Waals surface area (Å²) < 4.78 is 0. The molecule has 0 aromatic carbocycles. The minimum Gasteiger partial charge on any atom is -0.481 e. The number of carbonyl (C=O) groups is 2. The van der Waals surface area contributed by atoms with Crippen molar-refractivity contribution in [2.45, 2.75) is 20.3 Å². The van der Waals surface area contributed by atoms with Crippen molar-refractivity contribution in [1.82, 2.24) is 9.88 Å². The molecule has 0 spiro atoms. The second kappa shape index (κ2) is 6.74. The van der Waals surface area contributed by atoms with E-state index in [-0.39, 0.29) is 18.9 Å². The lowest BCUT2D eigenvalue weighted by Gasteiger charge is -2.22. The van der Waals surface area contributed by atoms with Gasteiger partial charge in [-0.3, -0.25) is 14.6 Å². The number of nitrogens with zero attached hydrogens (tertiary/aromatic N) is 2. The van der Waals surface area contributed by atoms with E-state index >= 15 is 0 Å². The van der Waals surface area contributed by atoms with Gasteiger partial charge in [-0.1, -0.05) is 13.0 Å². The summed E-state index contributed by atoms with van der Waals surface area (Å²) in [5.41, 5.74) is 0.837. The Morgan fingerprint density at radius 1 is 1.50 bits per heavy atom. The van der Waals surface area contributed by atoms with Crippen LogP contribution in [-0.4, -0.2) is 40.0 Å². The Bertz CT molecular complexity index is 406. The number of hydrogen-bond acceptors (Lipinski definition) is 3. The third-order valence-electron chi connectivity index (χ3n) is 2.73. The molecular weight excluding hydrogens is 232 g/mol. The first-order valence-corrected chi connectivity index (χ1v) is 5.94. The van der Waals surface area contributed by atoms with Crippen LogP contribution in [0.2, 0.25) is 0 Å². The van der Waals surface area contributed by atoms with Gasteiger partial charge < -0.3 is 10.0 Å². The SMILES string of the molecule is CCN(CC(C)C(=O)O)C(=O)Cc1cccnc1. The van der Waals surface area contributed by atoms with Crippen LogP contribution in [0.15, 0.2) is 24.5 Å². The van der Waals surface area contributed by atoms with E-state index in [9.17, 15) is 9.59 Å². The Morgan fingerprint density at radius 3 is 2.72 bits per heavy atom. The maximum Gasteiger partial charge on any atom is 0.308 e. The van der Waals surface area contributed by atoms with Crippen LogP contribution in [0.5, 0.6) is 0 Å². The minimum atomic E-state index is -0.886. The highest BCUT2D eigenvalue weighted by Crippen LogP contribution is 2.05. The fourth-order valence-electron chi connectivity index (χ4n) is 1.61. The molecule has 0 saturated heterocycles. The molecule has 1 N–H and O–H groups in total. The van der Waals surface area contributed by atoms with Crippen LogP contribution in [0.1, 0.15) is 19.4 Å². The Labute approximate surface area is 106 Å². The summed E-state index contributed by atoms with van der Waals surface area (Å²) in [5, 5.41) is 8.85. The second-order valence-corrected chi connectivity index (χ2v) is 4.21. The number of carbonyl (C=O) groups excluding carboxylic acids is 1. The number of amides is 1. The van der Waals surface area contributed by atoms with Crippen molar-refractivity contribution in [2.24, 2.45) is 5.92 Å². The average molecular weight is 250 g/mol. The summed E-state index contributed by atoms with van der Waals surface area (Å²) in [6.45, 7) is 4.19. The van der Waals surface area contributed by atoms with Gasteiger partial charge in [-0.25, -0.2) is 0 Å². The van der Waals surface area contributed by atoms with Crippen molar-refractivity contribution in [1.29, 1.82) is 0 Å². The lowest BCUT2D eigenvalue weighted by molar-refractivity contribution is -0.142. The van der Waals surface area contributed by atoms with E-state index in [0.717, 1.165) is 5.56 Å². The van der Waals surface area contributed by atoms with Gasteiger partial charge in [-0.05, 0) is 18.6 Å². The quantitative estimate of drug-likeness (QED) is 0.823. The van der Waals surface area contributed by atoms with Gasteiger partial charge in [0.15, 0.2) is 0 Å². The van der Waals surface area contributed by atoms with Gasteiger partial charge in [0.05, 0.1) is 12.3 Å². The van der Waals surface area contributed by atoms with Crippen molar-refractivity contribution >= 4 is 11.9 Å². The Morgan fingerprint density at radius 2 is 2.22 bits per heavy atom. The summed E-state index contributed by atoms with van der Waals surface area (Å²) in [4.78, 5) is 28.3. The molecule has 1 aromatic rings. The van der Waals surface area contributed by atoms with E-state index < -0.39 is 11.9 Å². The molecule has 0 bridgehead atoms. The topological polar surface area (TPSA) is 70.5 Å². The molecule has 5 heteroatoms. The lowest BCUT2D eigenvalue weighted by Crippen LogP contribution is -2.37. The maximum atomic E-state index is 12.0. The van der Waals surface area contributed by atoms with Gasteiger partial charge in [0.25, 0.3) is 0 Å². The molecule has 0 aliphatic heterocycles. The van der Waals surface area contributed by atoms with Gasteiger partial charge in [-0.15, -0.1) is 0 Å². The number of aromatic nitrogens is 1. The first-order valence-electron chi connectivity index (χ1n) is 5.94. The van der Waals surface area contributed by atoms with Crippen molar-refractivity contribution in [2.75, 3.05) is 13.1 Å². The van der Waals surface area contributed by atoms with Crippen molar-refractivity contribution in [3.63, 3.8) is 0 Å². The van der Waals surface area contributed by atoms with Crippen LogP contribution in [0.3, 0.4) is 0 Å². The summed E-state index contributed by atoms with van der Waals surface area (Å²) in [6.07, 6.45) is 3.55. The van der Waals surface area contributed by atoms with Crippen LogP contribution < -0.4 is 0 Å². The second-order valence-electron chi connectivity index (χ2n) is 4.21. The fourth-order valence-corrected chi connectivity index (χ4v) is 1.61. The highest BCUT2D eigenvalue weighted by molar-refractivity contribution is 5.79. The summed E-state index contributed by atoms with van der Waals surface area (Å²) in [7, 11) is 0. The molecule has 0 radical (unpaired) electrons. The van der Waals surface area contributed by atoms with Gasteiger partial charge >= 0.3 is 5.97 Å². The Hall–Kier alpha value is -1.91. The van der Waals surface area contributed by atoms with E-state index in [0.29, 0.717) is 6.54 Å². The smallest absolute Gasteiger partial charge is 0.308 e. The fraction of sp³-hybridized carbons (Fsp3) is 0.462.